The van der Waals surface area contributed by atoms with E-state index in [1.165, 1.54) is 0 Å². The summed E-state index contributed by atoms with van der Waals surface area (Å²) >= 11 is 0. The van der Waals surface area contributed by atoms with E-state index in [0.717, 1.165) is 24.8 Å². The van der Waals surface area contributed by atoms with E-state index < -0.39 is 0 Å². The van der Waals surface area contributed by atoms with Crippen LogP contribution in [0.3, 0.4) is 0 Å². The molecule has 2 amide bonds. The first-order valence-electron chi connectivity index (χ1n) is 10.5. The third-order valence-electron chi connectivity index (χ3n) is 5.17. The van der Waals surface area contributed by atoms with Crippen LogP contribution in [0.2, 0.25) is 0 Å². The van der Waals surface area contributed by atoms with Crippen LogP contribution in [-0.4, -0.2) is 35.8 Å². The van der Waals surface area contributed by atoms with Gasteiger partial charge in [0.15, 0.2) is 0 Å². The highest BCUT2D eigenvalue weighted by Gasteiger charge is 2.34. The molecular weight excluding hydrogens is 380 g/mol. The van der Waals surface area contributed by atoms with Crippen molar-refractivity contribution in [3.63, 3.8) is 0 Å². The van der Waals surface area contributed by atoms with Gasteiger partial charge in [-0.2, -0.15) is 0 Å². The lowest BCUT2D eigenvalue weighted by atomic mass is 10.1. The van der Waals surface area contributed by atoms with Gasteiger partial charge in [-0.1, -0.05) is 50.1 Å². The Kier molecular flexibility index (Phi) is 7.60. The van der Waals surface area contributed by atoms with Crippen LogP contribution >= 0.6 is 0 Å². The number of anilines is 1. The molecule has 1 aliphatic rings. The number of carbonyl (C=O) groups excluding carboxylic acids is 3. The molecule has 1 heterocycles. The Labute approximate surface area is 177 Å². The van der Waals surface area contributed by atoms with Crippen LogP contribution in [-0.2, 0) is 20.9 Å². The van der Waals surface area contributed by atoms with E-state index in [1.807, 2.05) is 30.3 Å². The predicted octanol–water partition coefficient (Wildman–Crippen LogP) is 4.02. The van der Waals surface area contributed by atoms with Gasteiger partial charge in [0.2, 0.25) is 11.8 Å². The second-order valence-electron chi connectivity index (χ2n) is 7.57. The van der Waals surface area contributed by atoms with E-state index in [4.69, 9.17) is 4.74 Å². The number of likely N-dealkylation sites (tertiary alicyclic amines) is 1. The van der Waals surface area contributed by atoms with Crippen LogP contribution in [0.25, 0.3) is 0 Å². The van der Waals surface area contributed by atoms with Gasteiger partial charge >= 0.3 is 5.97 Å². The van der Waals surface area contributed by atoms with Gasteiger partial charge in [-0.15, -0.1) is 0 Å². The highest BCUT2D eigenvalue weighted by molar-refractivity contribution is 5.97. The maximum absolute atomic E-state index is 12.6. The molecule has 0 bridgehead atoms. The van der Waals surface area contributed by atoms with Crippen molar-refractivity contribution in [3.8, 4) is 0 Å². The van der Waals surface area contributed by atoms with Crippen LogP contribution in [0.1, 0.15) is 48.5 Å². The van der Waals surface area contributed by atoms with Crippen molar-refractivity contribution in [1.82, 2.24) is 4.90 Å². The standard InChI is InChI=1S/C24H28N2O4/c1-2-3-7-14-30-24(29)19-10-12-21(13-11-19)25-23(28)20-15-22(27)26(17-20)16-18-8-5-4-6-9-18/h4-6,8-13,20H,2-3,7,14-17H2,1H3,(H,25,28)/t20-/m1/s1. The van der Waals surface area contributed by atoms with Crippen LogP contribution in [0, 0.1) is 5.92 Å². The maximum atomic E-state index is 12.6. The summed E-state index contributed by atoms with van der Waals surface area (Å²) in [7, 11) is 0. The topological polar surface area (TPSA) is 75.7 Å². The normalized spacial score (nSPS) is 15.8. The predicted molar refractivity (Wildman–Crippen MR) is 115 cm³/mol. The minimum absolute atomic E-state index is 0.0137. The molecule has 1 atom stereocenters. The zero-order valence-electron chi connectivity index (χ0n) is 17.3. The molecule has 6 nitrogen and oxygen atoms in total. The number of rotatable bonds is 9. The van der Waals surface area contributed by atoms with Gasteiger partial charge < -0.3 is 15.0 Å². The number of hydrogen-bond acceptors (Lipinski definition) is 4. The number of ether oxygens (including phenoxy) is 1. The quantitative estimate of drug-likeness (QED) is 0.502. The molecule has 0 aromatic heterocycles. The molecule has 0 spiro atoms. The van der Waals surface area contributed by atoms with Gasteiger partial charge in [-0.05, 0) is 36.2 Å². The molecule has 2 aromatic rings. The lowest BCUT2D eigenvalue weighted by Gasteiger charge is -2.16. The minimum atomic E-state index is -0.385. The van der Waals surface area contributed by atoms with E-state index in [-0.39, 0.29) is 30.1 Å². The molecule has 158 valence electrons. The average Bonchev–Trinajstić information content (AvgIpc) is 3.13. The van der Waals surface area contributed by atoms with Crippen molar-refractivity contribution in [2.45, 2.75) is 39.2 Å². The molecule has 3 rings (SSSR count). The third kappa shape index (κ3) is 5.92. The summed E-state index contributed by atoms with van der Waals surface area (Å²) in [6.07, 6.45) is 3.17. The number of unbranched alkanes of at least 4 members (excludes halogenated alkanes) is 2. The van der Waals surface area contributed by atoms with Crippen molar-refractivity contribution < 1.29 is 19.1 Å². The van der Waals surface area contributed by atoms with Crippen molar-refractivity contribution in [2.75, 3.05) is 18.5 Å². The first kappa shape index (κ1) is 21.6. The maximum Gasteiger partial charge on any atom is 0.338 e. The van der Waals surface area contributed by atoms with Crippen LogP contribution in [0.4, 0.5) is 5.69 Å². The fraction of sp³-hybridized carbons (Fsp3) is 0.375. The number of carbonyl (C=O) groups is 3. The number of nitrogens with zero attached hydrogens (tertiary/aromatic N) is 1. The Hall–Kier alpha value is -3.15. The lowest BCUT2D eigenvalue weighted by Crippen LogP contribution is -2.28. The van der Waals surface area contributed by atoms with Gasteiger partial charge in [0.1, 0.15) is 0 Å². The second kappa shape index (κ2) is 10.6. The highest BCUT2D eigenvalue weighted by atomic mass is 16.5. The summed E-state index contributed by atoms with van der Waals surface area (Å²) in [6, 6.07) is 16.4. The molecule has 1 N–H and O–H groups in total. The Morgan fingerprint density at radius 3 is 2.50 bits per heavy atom. The molecular formula is C24H28N2O4. The zero-order chi connectivity index (χ0) is 21.3. The van der Waals surface area contributed by atoms with Crippen molar-refractivity contribution in [2.24, 2.45) is 5.92 Å². The van der Waals surface area contributed by atoms with Gasteiger partial charge in [-0.25, -0.2) is 4.79 Å². The SMILES string of the molecule is CCCCCOC(=O)c1ccc(NC(=O)[C@@H]2CC(=O)N(Cc3ccccc3)C2)cc1. The number of esters is 1. The van der Waals surface area contributed by atoms with Crippen molar-refractivity contribution in [1.29, 1.82) is 0 Å². The molecule has 30 heavy (non-hydrogen) atoms. The Bertz CT molecular complexity index is 865. The van der Waals surface area contributed by atoms with Crippen LogP contribution < -0.4 is 5.32 Å². The minimum Gasteiger partial charge on any atom is -0.462 e. The molecule has 2 aromatic carbocycles. The molecule has 0 aliphatic carbocycles. The van der Waals surface area contributed by atoms with E-state index in [1.54, 1.807) is 29.2 Å². The number of nitrogens with one attached hydrogen (secondary N) is 1. The van der Waals surface area contributed by atoms with E-state index in [2.05, 4.69) is 12.2 Å². The average molecular weight is 408 g/mol. The number of hydrogen-bond donors (Lipinski definition) is 1. The van der Waals surface area contributed by atoms with E-state index >= 15 is 0 Å². The fourth-order valence-electron chi connectivity index (χ4n) is 3.44. The fourth-order valence-corrected chi connectivity index (χ4v) is 3.44. The number of amides is 2. The zero-order valence-corrected chi connectivity index (χ0v) is 17.3. The molecule has 0 unspecified atom stereocenters. The summed E-state index contributed by atoms with van der Waals surface area (Å²) < 4.78 is 5.24. The van der Waals surface area contributed by atoms with Crippen molar-refractivity contribution in [3.05, 3.63) is 65.7 Å². The summed E-state index contributed by atoms with van der Waals surface area (Å²) in [6.45, 7) is 3.43. The second-order valence-corrected chi connectivity index (χ2v) is 7.57. The highest BCUT2D eigenvalue weighted by Crippen LogP contribution is 2.22. The monoisotopic (exact) mass is 408 g/mol. The smallest absolute Gasteiger partial charge is 0.338 e. The molecule has 1 saturated heterocycles. The summed E-state index contributed by atoms with van der Waals surface area (Å²) in [5.74, 6) is -0.944. The Morgan fingerprint density at radius 1 is 1.07 bits per heavy atom. The molecule has 0 radical (unpaired) electrons. The van der Waals surface area contributed by atoms with Crippen LogP contribution in [0.15, 0.2) is 54.6 Å². The van der Waals surface area contributed by atoms with E-state index in [0.29, 0.717) is 30.9 Å². The van der Waals surface area contributed by atoms with E-state index in [9.17, 15) is 14.4 Å². The lowest BCUT2D eigenvalue weighted by molar-refractivity contribution is -0.128. The largest absolute Gasteiger partial charge is 0.462 e. The summed E-state index contributed by atoms with van der Waals surface area (Å²) in [5.41, 5.74) is 2.09. The first-order chi connectivity index (χ1) is 14.6. The molecule has 6 heteroatoms. The molecule has 1 fully saturated rings. The first-order valence-corrected chi connectivity index (χ1v) is 10.5. The van der Waals surface area contributed by atoms with Gasteiger partial charge in [-0.3, -0.25) is 9.59 Å². The van der Waals surface area contributed by atoms with Gasteiger partial charge in [0.05, 0.1) is 18.1 Å². The third-order valence-corrected chi connectivity index (χ3v) is 5.17. The van der Waals surface area contributed by atoms with Crippen molar-refractivity contribution >= 4 is 23.5 Å². The summed E-state index contributed by atoms with van der Waals surface area (Å²) in [4.78, 5) is 38.6. The molecule has 0 saturated carbocycles. The van der Waals surface area contributed by atoms with Crippen LogP contribution in [0.5, 0.6) is 0 Å². The Morgan fingerprint density at radius 2 is 1.80 bits per heavy atom. The Balaban J connectivity index is 1.49. The molecule has 1 aliphatic heterocycles. The number of benzene rings is 2. The summed E-state index contributed by atoms with van der Waals surface area (Å²) in [5, 5.41) is 2.84. The van der Waals surface area contributed by atoms with Gasteiger partial charge in [0.25, 0.3) is 0 Å². The van der Waals surface area contributed by atoms with Gasteiger partial charge in [0, 0.05) is 25.2 Å².